The second-order valence-electron chi connectivity index (χ2n) is 5.71. The van der Waals surface area contributed by atoms with Crippen LogP contribution >= 0.6 is 11.3 Å². The fourth-order valence-electron chi connectivity index (χ4n) is 2.82. The van der Waals surface area contributed by atoms with Crippen molar-refractivity contribution >= 4 is 17.0 Å². The van der Waals surface area contributed by atoms with Gasteiger partial charge in [0.2, 0.25) is 0 Å². The molecule has 1 aromatic carbocycles. The molecule has 104 valence electrons. The van der Waals surface area contributed by atoms with E-state index in [4.69, 9.17) is 9.73 Å². The van der Waals surface area contributed by atoms with Crippen molar-refractivity contribution in [1.29, 1.82) is 0 Å². The number of hydrogen-bond acceptors (Lipinski definition) is 3. The van der Waals surface area contributed by atoms with Gasteiger partial charge in [-0.1, -0.05) is 6.07 Å². The standard InChI is InChI=1S/C17H19NOS/c1-17(2)14(16-5-4-10-20-16)11-15(18-17)12-6-8-13(19-3)9-7-12/h4-10,14H,11H2,1-3H3. The van der Waals surface area contributed by atoms with Crippen LogP contribution in [0.25, 0.3) is 0 Å². The fourth-order valence-corrected chi connectivity index (χ4v) is 3.83. The fraction of sp³-hybridized carbons (Fsp3) is 0.353. The molecule has 1 unspecified atom stereocenters. The molecule has 0 radical (unpaired) electrons. The minimum absolute atomic E-state index is 0.0277. The molecule has 0 aliphatic carbocycles. The number of nitrogens with zero attached hydrogens (tertiary/aromatic N) is 1. The average molecular weight is 285 g/mol. The average Bonchev–Trinajstić information content (AvgIpc) is 3.06. The van der Waals surface area contributed by atoms with Crippen LogP contribution in [0.3, 0.4) is 0 Å². The number of ether oxygens (including phenoxy) is 1. The van der Waals surface area contributed by atoms with Crippen LogP contribution in [0.5, 0.6) is 5.75 Å². The summed E-state index contributed by atoms with van der Waals surface area (Å²) >= 11 is 1.83. The minimum Gasteiger partial charge on any atom is -0.497 e. The molecule has 0 N–H and O–H groups in total. The largest absolute Gasteiger partial charge is 0.497 e. The van der Waals surface area contributed by atoms with Crippen LogP contribution < -0.4 is 4.74 Å². The topological polar surface area (TPSA) is 21.6 Å². The molecule has 0 saturated heterocycles. The summed E-state index contributed by atoms with van der Waals surface area (Å²) in [4.78, 5) is 6.40. The first kappa shape index (κ1) is 13.4. The van der Waals surface area contributed by atoms with Gasteiger partial charge < -0.3 is 4.74 Å². The Hall–Kier alpha value is -1.61. The van der Waals surface area contributed by atoms with Crippen LogP contribution in [-0.4, -0.2) is 18.4 Å². The van der Waals surface area contributed by atoms with Gasteiger partial charge in [-0.2, -0.15) is 0 Å². The van der Waals surface area contributed by atoms with E-state index < -0.39 is 0 Å². The van der Waals surface area contributed by atoms with Crippen LogP contribution in [0.4, 0.5) is 0 Å². The first-order chi connectivity index (χ1) is 9.60. The summed E-state index contributed by atoms with van der Waals surface area (Å²) in [5.74, 6) is 1.38. The van der Waals surface area contributed by atoms with E-state index in [-0.39, 0.29) is 5.54 Å². The predicted octanol–water partition coefficient (Wildman–Crippen LogP) is 4.51. The van der Waals surface area contributed by atoms with Gasteiger partial charge >= 0.3 is 0 Å². The number of thiophene rings is 1. The molecule has 0 bridgehead atoms. The summed E-state index contributed by atoms with van der Waals surface area (Å²) in [6.07, 6.45) is 1.01. The SMILES string of the molecule is COc1ccc(C2=NC(C)(C)C(c3cccs3)C2)cc1. The van der Waals surface area contributed by atoms with E-state index in [1.165, 1.54) is 16.2 Å². The number of benzene rings is 1. The zero-order chi connectivity index (χ0) is 14.2. The molecule has 1 aromatic heterocycles. The molecule has 2 heterocycles. The maximum Gasteiger partial charge on any atom is 0.118 e. The van der Waals surface area contributed by atoms with Crippen molar-refractivity contribution in [2.45, 2.75) is 31.7 Å². The van der Waals surface area contributed by atoms with E-state index in [2.05, 4.69) is 43.5 Å². The van der Waals surface area contributed by atoms with E-state index in [1.807, 2.05) is 23.5 Å². The molecule has 0 amide bonds. The molecule has 0 spiro atoms. The third kappa shape index (κ3) is 2.38. The van der Waals surface area contributed by atoms with Crippen LogP contribution in [-0.2, 0) is 0 Å². The summed E-state index contributed by atoms with van der Waals surface area (Å²) in [5, 5.41) is 2.15. The number of rotatable bonds is 3. The Balaban J connectivity index is 1.88. The lowest BCUT2D eigenvalue weighted by molar-refractivity contribution is 0.415. The van der Waals surface area contributed by atoms with Gasteiger partial charge in [-0.25, -0.2) is 0 Å². The van der Waals surface area contributed by atoms with Crippen LogP contribution in [0, 0.1) is 0 Å². The van der Waals surface area contributed by atoms with Gasteiger partial charge in [0.15, 0.2) is 0 Å². The van der Waals surface area contributed by atoms with Crippen molar-refractivity contribution in [3.05, 3.63) is 52.2 Å². The highest BCUT2D eigenvalue weighted by Gasteiger charge is 2.37. The van der Waals surface area contributed by atoms with Gasteiger partial charge in [0.05, 0.1) is 12.6 Å². The lowest BCUT2D eigenvalue weighted by atomic mass is 9.86. The van der Waals surface area contributed by atoms with E-state index in [0.29, 0.717) is 5.92 Å². The van der Waals surface area contributed by atoms with E-state index in [0.717, 1.165) is 12.2 Å². The molecular weight excluding hydrogens is 266 g/mol. The lowest BCUT2D eigenvalue weighted by Gasteiger charge is -2.23. The summed E-state index contributed by atoms with van der Waals surface area (Å²) in [5.41, 5.74) is 2.38. The van der Waals surface area contributed by atoms with Crippen molar-refractivity contribution in [3.63, 3.8) is 0 Å². The monoisotopic (exact) mass is 285 g/mol. The van der Waals surface area contributed by atoms with Crippen LogP contribution in [0.2, 0.25) is 0 Å². The van der Waals surface area contributed by atoms with E-state index >= 15 is 0 Å². The molecule has 0 fully saturated rings. The Bertz CT molecular complexity index is 611. The molecule has 2 aromatic rings. The third-order valence-corrected chi connectivity index (χ3v) is 4.97. The second kappa shape index (κ2) is 5.06. The molecule has 3 rings (SSSR count). The van der Waals surface area contributed by atoms with Gasteiger partial charge in [0, 0.05) is 16.5 Å². The summed E-state index contributed by atoms with van der Waals surface area (Å²) < 4.78 is 5.21. The summed E-state index contributed by atoms with van der Waals surface area (Å²) in [6, 6.07) is 12.6. The zero-order valence-electron chi connectivity index (χ0n) is 12.1. The van der Waals surface area contributed by atoms with Crippen LogP contribution in [0.1, 0.15) is 36.6 Å². The molecule has 1 aliphatic heterocycles. The molecule has 2 nitrogen and oxygen atoms in total. The van der Waals surface area contributed by atoms with E-state index in [9.17, 15) is 0 Å². The summed E-state index contributed by atoms with van der Waals surface area (Å²) in [6.45, 7) is 4.46. The van der Waals surface area contributed by atoms with Gasteiger partial charge in [-0.15, -0.1) is 11.3 Å². The Morgan fingerprint density at radius 3 is 2.55 bits per heavy atom. The van der Waals surface area contributed by atoms with Crippen molar-refractivity contribution in [2.75, 3.05) is 7.11 Å². The molecular formula is C17H19NOS. The van der Waals surface area contributed by atoms with E-state index in [1.54, 1.807) is 7.11 Å². The molecule has 1 atom stereocenters. The maximum absolute atomic E-state index is 5.21. The Labute approximate surface area is 124 Å². The number of aliphatic imine (C=N–C) groups is 1. The highest BCUT2D eigenvalue weighted by molar-refractivity contribution is 7.10. The minimum atomic E-state index is -0.0277. The first-order valence-electron chi connectivity index (χ1n) is 6.87. The van der Waals surface area contributed by atoms with Gasteiger partial charge in [0.25, 0.3) is 0 Å². The van der Waals surface area contributed by atoms with Crippen LogP contribution in [0.15, 0.2) is 46.8 Å². The normalized spacial score (nSPS) is 20.8. The van der Waals surface area contributed by atoms with Gasteiger partial charge in [-0.3, -0.25) is 4.99 Å². The van der Waals surface area contributed by atoms with Crippen molar-refractivity contribution in [3.8, 4) is 5.75 Å². The van der Waals surface area contributed by atoms with Crippen molar-refractivity contribution in [2.24, 2.45) is 4.99 Å². The van der Waals surface area contributed by atoms with Gasteiger partial charge in [-0.05, 0) is 61.5 Å². The Kier molecular flexibility index (Phi) is 3.38. The molecule has 0 saturated carbocycles. The molecule has 1 aliphatic rings. The van der Waals surface area contributed by atoms with Gasteiger partial charge in [0.1, 0.15) is 5.75 Å². The lowest BCUT2D eigenvalue weighted by Crippen LogP contribution is -2.21. The predicted molar refractivity (Wildman–Crippen MR) is 85.3 cm³/mol. The first-order valence-corrected chi connectivity index (χ1v) is 7.74. The highest BCUT2D eigenvalue weighted by Crippen LogP contribution is 2.42. The second-order valence-corrected chi connectivity index (χ2v) is 6.69. The van der Waals surface area contributed by atoms with Crippen molar-refractivity contribution in [1.82, 2.24) is 0 Å². The summed E-state index contributed by atoms with van der Waals surface area (Å²) in [7, 11) is 1.69. The maximum atomic E-state index is 5.21. The number of methoxy groups -OCH3 is 1. The zero-order valence-corrected chi connectivity index (χ0v) is 12.9. The smallest absolute Gasteiger partial charge is 0.118 e. The third-order valence-electron chi connectivity index (χ3n) is 3.98. The molecule has 3 heteroatoms. The molecule has 20 heavy (non-hydrogen) atoms. The quantitative estimate of drug-likeness (QED) is 0.813. The Morgan fingerprint density at radius 2 is 1.95 bits per heavy atom. The highest BCUT2D eigenvalue weighted by atomic mass is 32.1. The Morgan fingerprint density at radius 1 is 1.20 bits per heavy atom. The number of hydrogen-bond donors (Lipinski definition) is 0. The van der Waals surface area contributed by atoms with Crippen molar-refractivity contribution < 1.29 is 4.74 Å².